The normalized spacial score (nSPS) is 11.8. The van der Waals surface area contributed by atoms with Gasteiger partial charge in [0.05, 0.1) is 6.04 Å². The second-order valence-electron chi connectivity index (χ2n) is 4.50. The van der Waals surface area contributed by atoms with E-state index in [-0.39, 0.29) is 6.04 Å². The van der Waals surface area contributed by atoms with Gasteiger partial charge in [-0.2, -0.15) is 0 Å². The van der Waals surface area contributed by atoms with Crippen molar-refractivity contribution in [3.8, 4) is 0 Å². The summed E-state index contributed by atoms with van der Waals surface area (Å²) in [4.78, 5) is 0. The predicted molar refractivity (Wildman–Crippen MR) is 78.8 cm³/mol. The zero-order valence-corrected chi connectivity index (χ0v) is 10.8. The summed E-state index contributed by atoms with van der Waals surface area (Å²) in [5.41, 5.74) is 3.74. The highest BCUT2D eigenvalue weighted by Gasteiger charge is 2.09. The van der Waals surface area contributed by atoms with Gasteiger partial charge in [-0.05, 0) is 31.0 Å². The lowest BCUT2D eigenvalue weighted by Gasteiger charge is -2.19. The van der Waals surface area contributed by atoms with E-state index in [4.69, 9.17) is 0 Å². The molecule has 92 valence electrons. The number of rotatable bonds is 5. The van der Waals surface area contributed by atoms with E-state index in [1.807, 2.05) is 24.3 Å². The number of nitrogens with one attached hydrogen (secondary N) is 1. The molecule has 0 aliphatic heterocycles. The second-order valence-corrected chi connectivity index (χ2v) is 4.50. The van der Waals surface area contributed by atoms with Crippen LogP contribution in [-0.2, 0) is 0 Å². The number of para-hydroxylation sites is 1. The Morgan fingerprint density at radius 2 is 1.89 bits per heavy atom. The molecular formula is C17H19N. The van der Waals surface area contributed by atoms with Gasteiger partial charge in [-0.15, -0.1) is 6.58 Å². The molecule has 0 aliphatic rings. The fraction of sp³-hybridized carbons (Fsp3) is 0.176. The molecule has 0 aromatic heterocycles. The van der Waals surface area contributed by atoms with E-state index < -0.39 is 0 Å². The summed E-state index contributed by atoms with van der Waals surface area (Å²) in [5, 5.41) is 3.55. The van der Waals surface area contributed by atoms with E-state index in [1.165, 1.54) is 11.1 Å². The van der Waals surface area contributed by atoms with E-state index in [9.17, 15) is 0 Å². The number of hydrogen-bond acceptors (Lipinski definition) is 1. The van der Waals surface area contributed by atoms with Gasteiger partial charge < -0.3 is 5.32 Å². The maximum Gasteiger partial charge on any atom is 0.0548 e. The number of aryl methyl sites for hydroxylation is 1. The largest absolute Gasteiger partial charge is 0.378 e. The van der Waals surface area contributed by atoms with Crippen molar-refractivity contribution in [3.63, 3.8) is 0 Å². The molecule has 2 aromatic rings. The molecule has 1 N–H and O–H groups in total. The average Bonchev–Trinajstić information content (AvgIpc) is 2.39. The van der Waals surface area contributed by atoms with Crippen molar-refractivity contribution in [1.29, 1.82) is 0 Å². The Labute approximate surface area is 109 Å². The van der Waals surface area contributed by atoms with Crippen LogP contribution in [0.25, 0.3) is 0 Å². The van der Waals surface area contributed by atoms with Crippen molar-refractivity contribution in [2.75, 3.05) is 5.32 Å². The molecule has 1 heteroatoms. The first kappa shape index (κ1) is 12.4. The van der Waals surface area contributed by atoms with Gasteiger partial charge in [0.1, 0.15) is 0 Å². The Kier molecular flexibility index (Phi) is 4.19. The van der Waals surface area contributed by atoms with E-state index in [1.54, 1.807) is 0 Å². The molecule has 0 spiro atoms. The van der Waals surface area contributed by atoms with Crippen molar-refractivity contribution < 1.29 is 0 Å². The van der Waals surface area contributed by atoms with Gasteiger partial charge in [-0.3, -0.25) is 0 Å². The molecule has 0 saturated carbocycles. The van der Waals surface area contributed by atoms with Crippen molar-refractivity contribution in [3.05, 3.63) is 78.4 Å². The van der Waals surface area contributed by atoms with Gasteiger partial charge in [-0.1, -0.05) is 54.1 Å². The van der Waals surface area contributed by atoms with E-state index in [0.29, 0.717) is 0 Å². The zero-order chi connectivity index (χ0) is 12.8. The summed E-state index contributed by atoms with van der Waals surface area (Å²) in [6.07, 6.45) is 2.88. The van der Waals surface area contributed by atoms with Crippen molar-refractivity contribution >= 4 is 5.69 Å². The molecule has 0 heterocycles. The molecule has 0 fully saturated rings. The lowest BCUT2D eigenvalue weighted by atomic mass is 10.0. The third-order valence-electron chi connectivity index (χ3n) is 2.96. The molecule has 0 saturated heterocycles. The van der Waals surface area contributed by atoms with Crippen LogP contribution in [0.1, 0.15) is 23.6 Å². The number of hydrogen-bond donors (Lipinski definition) is 1. The SMILES string of the molecule is C=CCC(Nc1ccccc1)c1cccc(C)c1. The summed E-state index contributed by atoms with van der Waals surface area (Å²) < 4.78 is 0. The van der Waals surface area contributed by atoms with Crippen molar-refractivity contribution in [1.82, 2.24) is 0 Å². The van der Waals surface area contributed by atoms with Crippen LogP contribution in [0.15, 0.2) is 67.3 Å². The quantitative estimate of drug-likeness (QED) is 0.742. The van der Waals surface area contributed by atoms with Gasteiger partial charge >= 0.3 is 0 Å². The zero-order valence-electron chi connectivity index (χ0n) is 10.8. The average molecular weight is 237 g/mol. The highest BCUT2D eigenvalue weighted by Crippen LogP contribution is 2.23. The minimum Gasteiger partial charge on any atom is -0.378 e. The molecule has 0 bridgehead atoms. The fourth-order valence-corrected chi connectivity index (χ4v) is 2.07. The molecule has 2 aromatic carbocycles. The van der Waals surface area contributed by atoms with E-state index in [0.717, 1.165) is 12.1 Å². The third-order valence-corrected chi connectivity index (χ3v) is 2.96. The molecule has 1 atom stereocenters. The topological polar surface area (TPSA) is 12.0 Å². The third kappa shape index (κ3) is 3.24. The highest BCUT2D eigenvalue weighted by molar-refractivity contribution is 5.45. The summed E-state index contributed by atoms with van der Waals surface area (Å²) >= 11 is 0. The van der Waals surface area contributed by atoms with Crippen LogP contribution < -0.4 is 5.32 Å². The molecule has 1 unspecified atom stereocenters. The number of anilines is 1. The summed E-state index contributed by atoms with van der Waals surface area (Å²) in [6.45, 7) is 5.97. The molecule has 0 amide bonds. The van der Waals surface area contributed by atoms with Crippen LogP contribution in [0.5, 0.6) is 0 Å². The first-order chi connectivity index (χ1) is 8.79. The monoisotopic (exact) mass is 237 g/mol. The predicted octanol–water partition coefficient (Wildman–Crippen LogP) is 4.72. The molecule has 0 aliphatic carbocycles. The van der Waals surface area contributed by atoms with Crippen LogP contribution in [0.2, 0.25) is 0 Å². The number of benzene rings is 2. The molecule has 2 rings (SSSR count). The minimum atomic E-state index is 0.282. The molecule has 1 nitrogen and oxygen atoms in total. The molecular weight excluding hydrogens is 218 g/mol. The van der Waals surface area contributed by atoms with E-state index >= 15 is 0 Å². The highest BCUT2D eigenvalue weighted by atomic mass is 14.9. The lowest BCUT2D eigenvalue weighted by molar-refractivity contribution is 0.798. The van der Waals surface area contributed by atoms with Gasteiger partial charge in [0.2, 0.25) is 0 Å². The van der Waals surface area contributed by atoms with Gasteiger partial charge in [-0.25, -0.2) is 0 Å². The van der Waals surface area contributed by atoms with Crippen LogP contribution in [-0.4, -0.2) is 0 Å². The summed E-state index contributed by atoms with van der Waals surface area (Å²) in [7, 11) is 0. The lowest BCUT2D eigenvalue weighted by Crippen LogP contribution is -2.09. The standard InChI is InChI=1S/C17H19N/c1-3-8-17(15-10-7-9-14(2)13-15)18-16-11-5-4-6-12-16/h3-7,9-13,17-18H,1,8H2,2H3. The van der Waals surface area contributed by atoms with Gasteiger partial charge in [0.15, 0.2) is 0 Å². The Bertz CT molecular complexity index is 502. The summed E-state index contributed by atoms with van der Waals surface area (Å²) in [5.74, 6) is 0. The first-order valence-corrected chi connectivity index (χ1v) is 6.28. The molecule has 18 heavy (non-hydrogen) atoms. The second kappa shape index (κ2) is 6.06. The van der Waals surface area contributed by atoms with E-state index in [2.05, 4.69) is 55.2 Å². The minimum absolute atomic E-state index is 0.282. The Hall–Kier alpha value is -2.02. The van der Waals surface area contributed by atoms with Crippen LogP contribution in [0.3, 0.4) is 0 Å². The Morgan fingerprint density at radius 3 is 2.56 bits per heavy atom. The van der Waals surface area contributed by atoms with Crippen LogP contribution in [0, 0.1) is 6.92 Å². The van der Waals surface area contributed by atoms with Crippen LogP contribution >= 0.6 is 0 Å². The Morgan fingerprint density at radius 1 is 1.11 bits per heavy atom. The molecule has 0 radical (unpaired) electrons. The van der Waals surface area contributed by atoms with Gasteiger partial charge in [0.25, 0.3) is 0 Å². The maximum absolute atomic E-state index is 3.85. The van der Waals surface area contributed by atoms with Crippen LogP contribution in [0.4, 0.5) is 5.69 Å². The fourth-order valence-electron chi connectivity index (χ4n) is 2.07. The van der Waals surface area contributed by atoms with Crippen molar-refractivity contribution in [2.24, 2.45) is 0 Å². The Balaban J connectivity index is 2.20. The summed E-state index contributed by atoms with van der Waals surface area (Å²) in [6, 6.07) is 19.2. The van der Waals surface area contributed by atoms with Gasteiger partial charge in [0, 0.05) is 5.69 Å². The van der Waals surface area contributed by atoms with Crippen molar-refractivity contribution in [2.45, 2.75) is 19.4 Å². The maximum atomic E-state index is 3.85. The first-order valence-electron chi connectivity index (χ1n) is 6.28. The smallest absolute Gasteiger partial charge is 0.0548 e.